The van der Waals surface area contributed by atoms with Crippen LogP contribution in [0, 0.1) is 18.3 Å². The van der Waals surface area contributed by atoms with Gasteiger partial charge in [-0.15, -0.1) is 0 Å². The molecule has 0 aliphatic heterocycles. The molecule has 0 spiro atoms. The summed E-state index contributed by atoms with van der Waals surface area (Å²) >= 11 is 0. The highest BCUT2D eigenvalue weighted by molar-refractivity contribution is 5.97. The van der Waals surface area contributed by atoms with E-state index in [4.69, 9.17) is 0 Å². The molecule has 28 heavy (non-hydrogen) atoms. The van der Waals surface area contributed by atoms with E-state index in [9.17, 15) is 10.1 Å². The number of amides is 1. The second-order valence-electron chi connectivity index (χ2n) is 6.03. The van der Waals surface area contributed by atoms with Crippen LogP contribution in [0.3, 0.4) is 0 Å². The minimum absolute atomic E-state index is 0. The number of hydrogen-bond acceptors (Lipinski definition) is 5. The maximum Gasteiger partial charge on any atom is 0.263 e. The number of nitrogens with one attached hydrogen (secondary N) is 2. The molecule has 0 saturated carbocycles. The molecule has 2 rings (SSSR count). The fraction of sp³-hybridized carbons (Fsp3) is 0.286. The van der Waals surface area contributed by atoms with E-state index in [0.29, 0.717) is 6.54 Å². The topological polar surface area (TPSA) is 81.0 Å². The summed E-state index contributed by atoms with van der Waals surface area (Å²) < 4.78 is 0. The Morgan fingerprint density at radius 2 is 2.04 bits per heavy atom. The van der Waals surface area contributed by atoms with Gasteiger partial charge in [0.25, 0.3) is 5.91 Å². The van der Waals surface area contributed by atoms with Gasteiger partial charge in [0.05, 0.1) is 0 Å². The fourth-order valence-corrected chi connectivity index (χ4v) is 2.67. The number of benzene rings is 1. The SMILES string of the molecule is CCN(CC)c1ccc(N/C=C(/C#N)C(=O)NCc2cccnc2)c(C)c1.[Cl-]. The van der Waals surface area contributed by atoms with Crippen LogP contribution in [-0.2, 0) is 11.3 Å². The second-order valence-corrected chi connectivity index (χ2v) is 6.03. The summed E-state index contributed by atoms with van der Waals surface area (Å²) in [6, 6.07) is 11.7. The Morgan fingerprint density at radius 3 is 2.61 bits per heavy atom. The Hall–Kier alpha value is -3.04. The highest BCUT2D eigenvalue weighted by Gasteiger charge is 2.09. The summed E-state index contributed by atoms with van der Waals surface area (Å²) in [5, 5.41) is 15.1. The number of pyridine rings is 1. The zero-order valence-electron chi connectivity index (χ0n) is 16.4. The van der Waals surface area contributed by atoms with Crippen molar-refractivity contribution in [2.75, 3.05) is 23.3 Å². The van der Waals surface area contributed by atoms with Crippen molar-refractivity contribution >= 4 is 17.3 Å². The molecule has 1 heterocycles. The number of carbonyl (C=O) groups excluding carboxylic acids is 1. The molecule has 0 saturated heterocycles. The molecule has 0 aliphatic carbocycles. The molecule has 1 aromatic carbocycles. The van der Waals surface area contributed by atoms with Crippen LogP contribution < -0.4 is 27.9 Å². The molecule has 0 radical (unpaired) electrons. The van der Waals surface area contributed by atoms with Crippen molar-refractivity contribution in [2.45, 2.75) is 27.3 Å². The minimum atomic E-state index is -0.425. The van der Waals surface area contributed by atoms with Gasteiger partial charge in [-0.25, -0.2) is 0 Å². The zero-order valence-corrected chi connectivity index (χ0v) is 17.1. The standard InChI is InChI=1S/C21H25N5O.ClH/c1-4-26(5-2)19-8-9-20(16(3)11-19)24-15-18(12-22)21(27)25-14-17-7-6-10-23-13-17;/h6-11,13,15,24H,4-5,14H2,1-3H3,(H,25,27);1H/p-1/b18-15-;. The molecule has 2 N–H and O–H groups in total. The first-order valence-electron chi connectivity index (χ1n) is 8.98. The number of halogens is 1. The van der Waals surface area contributed by atoms with Crippen molar-refractivity contribution < 1.29 is 17.2 Å². The summed E-state index contributed by atoms with van der Waals surface area (Å²) in [4.78, 5) is 18.5. The van der Waals surface area contributed by atoms with Gasteiger partial charge in [-0.1, -0.05) is 6.07 Å². The Kier molecular flexibility index (Phi) is 9.55. The summed E-state index contributed by atoms with van der Waals surface area (Å²) in [6.07, 6.45) is 4.79. The lowest BCUT2D eigenvalue weighted by molar-refractivity contribution is -0.117. The summed E-state index contributed by atoms with van der Waals surface area (Å²) in [5.74, 6) is -0.425. The predicted octanol–water partition coefficient (Wildman–Crippen LogP) is 0.376. The molecule has 7 heteroatoms. The van der Waals surface area contributed by atoms with Gasteiger partial charge < -0.3 is 27.9 Å². The molecule has 6 nitrogen and oxygen atoms in total. The van der Waals surface area contributed by atoms with Gasteiger partial charge in [0.2, 0.25) is 0 Å². The molecule has 0 aliphatic rings. The molecule has 0 fully saturated rings. The largest absolute Gasteiger partial charge is 1.00 e. The molecule has 1 amide bonds. The number of aryl methyl sites for hydroxylation is 1. The molecular formula is C21H25ClN5O-. The predicted molar refractivity (Wildman–Crippen MR) is 108 cm³/mol. The number of rotatable bonds is 8. The van der Waals surface area contributed by atoms with E-state index in [1.807, 2.05) is 31.2 Å². The Balaban J connectivity index is 0.00000392. The molecule has 0 atom stereocenters. The van der Waals surface area contributed by atoms with E-state index in [0.717, 1.165) is 35.6 Å². The number of anilines is 2. The van der Waals surface area contributed by atoms with Crippen LogP contribution in [0.15, 0.2) is 54.5 Å². The minimum Gasteiger partial charge on any atom is -1.00 e. The van der Waals surface area contributed by atoms with Crippen molar-refractivity contribution in [3.8, 4) is 6.07 Å². The van der Waals surface area contributed by atoms with Crippen LogP contribution in [-0.4, -0.2) is 24.0 Å². The highest BCUT2D eigenvalue weighted by Crippen LogP contribution is 2.22. The van der Waals surface area contributed by atoms with Gasteiger partial charge in [0, 0.05) is 49.6 Å². The van der Waals surface area contributed by atoms with Crippen molar-refractivity contribution in [1.82, 2.24) is 10.3 Å². The van der Waals surface area contributed by atoms with Crippen LogP contribution >= 0.6 is 0 Å². The smallest absolute Gasteiger partial charge is 0.263 e. The van der Waals surface area contributed by atoms with Crippen molar-refractivity contribution in [3.63, 3.8) is 0 Å². The van der Waals surface area contributed by atoms with Crippen LogP contribution in [0.4, 0.5) is 11.4 Å². The molecule has 1 aromatic heterocycles. The monoisotopic (exact) mass is 398 g/mol. The van der Waals surface area contributed by atoms with Gasteiger partial charge in [-0.3, -0.25) is 9.78 Å². The van der Waals surface area contributed by atoms with E-state index >= 15 is 0 Å². The number of hydrogen-bond donors (Lipinski definition) is 2. The Bertz CT molecular complexity index is 842. The van der Waals surface area contributed by atoms with E-state index in [-0.39, 0.29) is 18.0 Å². The Labute approximate surface area is 172 Å². The Morgan fingerprint density at radius 1 is 1.29 bits per heavy atom. The van der Waals surface area contributed by atoms with Gasteiger partial charge >= 0.3 is 0 Å². The van der Waals surface area contributed by atoms with Crippen molar-refractivity contribution in [2.24, 2.45) is 0 Å². The first-order chi connectivity index (χ1) is 13.1. The lowest BCUT2D eigenvalue weighted by Gasteiger charge is -2.22. The third kappa shape index (κ3) is 6.29. The molecule has 0 bridgehead atoms. The normalized spacial score (nSPS) is 10.4. The van der Waals surface area contributed by atoms with E-state index in [2.05, 4.69) is 40.4 Å². The second kappa shape index (κ2) is 11.6. The zero-order chi connectivity index (χ0) is 19.6. The lowest BCUT2D eigenvalue weighted by Crippen LogP contribution is -3.00. The van der Waals surface area contributed by atoms with Crippen LogP contribution in [0.5, 0.6) is 0 Å². The quantitative estimate of drug-likeness (QED) is 0.496. The molecule has 0 unspecified atom stereocenters. The third-order valence-corrected chi connectivity index (χ3v) is 4.25. The average molecular weight is 399 g/mol. The maximum absolute atomic E-state index is 12.2. The average Bonchev–Trinajstić information content (AvgIpc) is 2.70. The van der Waals surface area contributed by atoms with E-state index in [1.165, 1.54) is 6.20 Å². The van der Waals surface area contributed by atoms with Crippen molar-refractivity contribution in [3.05, 3.63) is 65.6 Å². The van der Waals surface area contributed by atoms with Crippen LogP contribution in [0.25, 0.3) is 0 Å². The molecule has 148 valence electrons. The highest BCUT2D eigenvalue weighted by atomic mass is 35.5. The first kappa shape index (κ1) is 23.0. The van der Waals surface area contributed by atoms with Crippen molar-refractivity contribution in [1.29, 1.82) is 5.26 Å². The number of carbonyl (C=O) groups is 1. The fourth-order valence-electron chi connectivity index (χ4n) is 2.67. The summed E-state index contributed by atoms with van der Waals surface area (Å²) in [6.45, 7) is 8.45. The van der Waals surface area contributed by atoms with E-state index < -0.39 is 5.91 Å². The third-order valence-electron chi connectivity index (χ3n) is 4.25. The van der Waals surface area contributed by atoms with Gasteiger partial charge in [0.15, 0.2) is 0 Å². The lowest BCUT2D eigenvalue weighted by atomic mass is 10.1. The maximum atomic E-state index is 12.2. The van der Waals surface area contributed by atoms with Gasteiger partial charge in [-0.05, 0) is 56.2 Å². The summed E-state index contributed by atoms with van der Waals surface area (Å²) in [5.41, 5.74) is 3.95. The van der Waals surface area contributed by atoms with E-state index in [1.54, 1.807) is 18.5 Å². The number of nitrogens with zero attached hydrogens (tertiary/aromatic N) is 3. The molecule has 2 aromatic rings. The summed E-state index contributed by atoms with van der Waals surface area (Å²) in [7, 11) is 0. The van der Waals surface area contributed by atoms with Crippen LogP contribution in [0.2, 0.25) is 0 Å². The number of nitriles is 1. The number of aromatic nitrogens is 1. The van der Waals surface area contributed by atoms with Gasteiger partial charge in [0.1, 0.15) is 11.6 Å². The molecular weight excluding hydrogens is 374 g/mol. The van der Waals surface area contributed by atoms with Crippen LogP contribution in [0.1, 0.15) is 25.0 Å². The first-order valence-corrected chi connectivity index (χ1v) is 8.98. The van der Waals surface area contributed by atoms with Gasteiger partial charge in [-0.2, -0.15) is 5.26 Å².